The smallest absolute Gasteiger partial charge is 0.246 e. The van der Waals surface area contributed by atoms with E-state index in [1.165, 1.54) is 0 Å². The van der Waals surface area contributed by atoms with E-state index in [1.54, 1.807) is 12.4 Å². The monoisotopic (exact) mass is 193 g/mol. The molecule has 0 fully saturated rings. The highest BCUT2D eigenvalue weighted by Crippen LogP contribution is 1.97. The Labute approximate surface area is 83.4 Å². The molecule has 4 heteroatoms. The van der Waals surface area contributed by atoms with Gasteiger partial charge in [0.1, 0.15) is 0 Å². The number of carbonyl (C=O) groups excluding carboxylic acids is 1. The quantitative estimate of drug-likeness (QED) is 0.710. The van der Waals surface area contributed by atoms with Crippen LogP contribution in [0.3, 0.4) is 0 Å². The van der Waals surface area contributed by atoms with Crippen molar-refractivity contribution in [3.8, 4) is 0 Å². The largest absolute Gasteiger partial charge is 0.348 e. The molecule has 14 heavy (non-hydrogen) atoms. The van der Waals surface area contributed by atoms with E-state index < -0.39 is 0 Å². The summed E-state index contributed by atoms with van der Waals surface area (Å²) in [5.74, 6) is -0.0203. The molecular formula is C10H15N3O. The lowest BCUT2D eigenvalue weighted by atomic mass is 10.2. The number of allylic oxidation sites excluding steroid dienone is 1. The van der Waals surface area contributed by atoms with E-state index in [0.29, 0.717) is 6.54 Å². The van der Waals surface area contributed by atoms with Gasteiger partial charge in [-0.25, -0.2) is 0 Å². The van der Waals surface area contributed by atoms with Gasteiger partial charge in [-0.15, -0.1) is 0 Å². The molecule has 0 unspecified atom stereocenters. The molecule has 0 aliphatic heterocycles. The standard InChI is InChI=1S/C10H15N3O/c1-3-4-8(2)10(14)11-5-9-6-12-13-7-9/h4,6-7H,3,5H2,1-2H3,(H,11,14)(H,12,13)/b8-4+. The number of H-pyrrole nitrogens is 1. The van der Waals surface area contributed by atoms with Crippen molar-refractivity contribution in [1.29, 1.82) is 0 Å². The van der Waals surface area contributed by atoms with Crippen LogP contribution in [0.4, 0.5) is 0 Å². The zero-order valence-electron chi connectivity index (χ0n) is 8.50. The summed E-state index contributed by atoms with van der Waals surface area (Å²) >= 11 is 0. The number of hydrogen-bond acceptors (Lipinski definition) is 2. The summed E-state index contributed by atoms with van der Waals surface area (Å²) in [6, 6.07) is 0. The molecule has 1 heterocycles. The zero-order chi connectivity index (χ0) is 10.4. The minimum Gasteiger partial charge on any atom is -0.348 e. The molecule has 0 aliphatic carbocycles. The molecule has 1 rings (SSSR count). The van der Waals surface area contributed by atoms with Gasteiger partial charge in [0.25, 0.3) is 0 Å². The lowest BCUT2D eigenvalue weighted by Crippen LogP contribution is -2.23. The van der Waals surface area contributed by atoms with E-state index in [1.807, 2.05) is 19.9 Å². The van der Waals surface area contributed by atoms with E-state index in [2.05, 4.69) is 15.5 Å². The second-order valence-electron chi connectivity index (χ2n) is 3.08. The molecule has 2 N–H and O–H groups in total. The normalized spacial score (nSPS) is 11.4. The van der Waals surface area contributed by atoms with E-state index in [0.717, 1.165) is 17.6 Å². The average molecular weight is 193 g/mol. The third kappa shape index (κ3) is 3.05. The molecule has 76 valence electrons. The maximum atomic E-state index is 11.4. The van der Waals surface area contributed by atoms with Gasteiger partial charge in [0.15, 0.2) is 0 Å². The Hall–Kier alpha value is -1.58. The van der Waals surface area contributed by atoms with Crippen LogP contribution in [-0.4, -0.2) is 16.1 Å². The fraction of sp³-hybridized carbons (Fsp3) is 0.400. The van der Waals surface area contributed by atoms with Crippen molar-refractivity contribution in [2.45, 2.75) is 26.8 Å². The van der Waals surface area contributed by atoms with Crippen LogP contribution in [0.2, 0.25) is 0 Å². The number of nitrogens with one attached hydrogen (secondary N) is 2. The van der Waals surface area contributed by atoms with Crippen molar-refractivity contribution in [3.05, 3.63) is 29.6 Å². The Morgan fingerprint density at radius 2 is 2.50 bits per heavy atom. The minimum absolute atomic E-state index is 0.0203. The Morgan fingerprint density at radius 3 is 3.07 bits per heavy atom. The Bertz CT molecular complexity index is 314. The molecule has 1 aromatic rings. The molecular weight excluding hydrogens is 178 g/mol. The molecule has 0 bridgehead atoms. The van der Waals surface area contributed by atoms with Crippen LogP contribution in [0.25, 0.3) is 0 Å². The predicted octanol–water partition coefficient (Wildman–Crippen LogP) is 1.38. The van der Waals surface area contributed by atoms with Crippen LogP contribution in [0, 0.1) is 0 Å². The fourth-order valence-corrected chi connectivity index (χ4v) is 1.09. The van der Waals surface area contributed by atoms with Crippen LogP contribution >= 0.6 is 0 Å². The molecule has 0 aromatic carbocycles. The van der Waals surface area contributed by atoms with E-state index in [-0.39, 0.29) is 5.91 Å². The third-order valence-electron chi connectivity index (χ3n) is 1.88. The van der Waals surface area contributed by atoms with Gasteiger partial charge in [0.05, 0.1) is 6.20 Å². The van der Waals surface area contributed by atoms with E-state index in [4.69, 9.17) is 0 Å². The van der Waals surface area contributed by atoms with Gasteiger partial charge < -0.3 is 5.32 Å². The van der Waals surface area contributed by atoms with Gasteiger partial charge in [-0.05, 0) is 13.3 Å². The molecule has 0 aliphatic rings. The molecule has 4 nitrogen and oxygen atoms in total. The van der Waals surface area contributed by atoms with Gasteiger partial charge in [-0.2, -0.15) is 5.10 Å². The van der Waals surface area contributed by atoms with Crippen molar-refractivity contribution < 1.29 is 4.79 Å². The van der Waals surface area contributed by atoms with Crippen molar-refractivity contribution >= 4 is 5.91 Å². The lowest BCUT2D eigenvalue weighted by molar-refractivity contribution is -0.117. The first-order valence-electron chi connectivity index (χ1n) is 4.66. The summed E-state index contributed by atoms with van der Waals surface area (Å²) in [7, 11) is 0. The van der Waals surface area contributed by atoms with Crippen molar-refractivity contribution in [3.63, 3.8) is 0 Å². The molecule has 1 aromatic heterocycles. The van der Waals surface area contributed by atoms with Crippen molar-refractivity contribution in [1.82, 2.24) is 15.5 Å². The highest BCUT2D eigenvalue weighted by molar-refractivity contribution is 5.92. The molecule has 1 amide bonds. The number of carbonyl (C=O) groups is 1. The number of rotatable bonds is 4. The fourth-order valence-electron chi connectivity index (χ4n) is 1.09. The van der Waals surface area contributed by atoms with Crippen LogP contribution in [0.5, 0.6) is 0 Å². The summed E-state index contributed by atoms with van der Waals surface area (Å²) in [6.45, 7) is 4.34. The van der Waals surface area contributed by atoms with Crippen LogP contribution < -0.4 is 5.32 Å². The summed E-state index contributed by atoms with van der Waals surface area (Å²) in [5.41, 5.74) is 1.73. The SMILES string of the molecule is CC/C=C(\C)C(=O)NCc1cn[nH]c1. The van der Waals surface area contributed by atoms with Crippen LogP contribution in [0.1, 0.15) is 25.8 Å². The zero-order valence-corrected chi connectivity index (χ0v) is 8.50. The van der Waals surface area contributed by atoms with Gasteiger partial charge in [-0.3, -0.25) is 9.89 Å². The second-order valence-corrected chi connectivity index (χ2v) is 3.08. The van der Waals surface area contributed by atoms with Gasteiger partial charge >= 0.3 is 0 Å². The van der Waals surface area contributed by atoms with Crippen LogP contribution in [0.15, 0.2) is 24.0 Å². The first-order chi connectivity index (χ1) is 6.74. The number of aromatic nitrogens is 2. The van der Waals surface area contributed by atoms with E-state index >= 15 is 0 Å². The molecule has 0 spiro atoms. The Balaban J connectivity index is 2.39. The lowest BCUT2D eigenvalue weighted by Gasteiger charge is -2.02. The first kappa shape index (κ1) is 10.5. The Morgan fingerprint density at radius 1 is 1.71 bits per heavy atom. The summed E-state index contributed by atoms with van der Waals surface area (Å²) in [5, 5.41) is 9.28. The third-order valence-corrected chi connectivity index (χ3v) is 1.88. The molecule has 0 saturated carbocycles. The van der Waals surface area contributed by atoms with E-state index in [9.17, 15) is 4.79 Å². The number of nitrogens with zero attached hydrogens (tertiary/aromatic N) is 1. The van der Waals surface area contributed by atoms with Crippen molar-refractivity contribution in [2.24, 2.45) is 0 Å². The van der Waals surface area contributed by atoms with Gasteiger partial charge in [0.2, 0.25) is 5.91 Å². The second kappa shape index (κ2) is 5.21. The molecule has 0 radical (unpaired) electrons. The highest BCUT2D eigenvalue weighted by Gasteiger charge is 2.02. The number of aromatic amines is 1. The summed E-state index contributed by atoms with van der Waals surface area (Å²) in [4.78, 5) is 11.4. The topological polar surface area (TPSA) is 57.8 Å². The number of hydrogen-bond donors (Lipinski definition) is 2. The maximum Gasteiger partial charge on any atom is 0.246 e. The first-order valence-corrected chi connectivity index (χ1v) is 4.66. The molecule has 0 saturated heterocycles. The number of amides is 1. The van der Waals surface area contributed by atoms with Gasteiger partial charge in [0, 0.05) is 23.9 Å². The predicted molar refractivity (Wildman–Crippen MR) is 54.5 cm³/mol. The Kier molecular flexibility index (Phi) is 3.91. The summed E-state index contributed by atoms with van der Waals surface area (Å²) in [6.07, 6.45) is 6.24. The molecule has 0 atom stereocenters. The minimum atomic E-state index is -0.0203. The average Bonchev–Trinajstić information content (AvgIpc) is 2.67. The maximum absolute atomic E-state index is 11.4. The van der Waals surface area contributed by atoms with Crippen molar-refractivity contribution in [2.75, 3.05) is 0 Å². The highest BCUT2D eigenvalue weighted by atomic mass is 16.1. The van der Waals surface area contributed by atoms with Gasteiger partial charge in [-0.1, -0.05) is 13.0 Å². The van der Waals surface area contributed by atoms with Crippen LogP contribution in [-0.2, 0) is 11.3 Å². The summed E-state index contributed by atoms with van der Waals surface area (Å²) < 4.78 is 0.